The number of nitrogens with two attached hydrogens (primary N) is 1. The summed E-state index contributed by atoms with van der Waals surface area (Å²) in [6.07, 6.45) is 2.88. The van der Waals surface area contributed by atoms with Crippen LogP contribution in [0.5, 0.6) is 0 Å². The van der Waals surface area contributed by atoms with E-state index in [9.17, 15) is 4.79 Å². The first kappa shape index (κ1) is 14.3. The van der Waals surface area contributed by atoms with Crippen LogP contribution in [-0.2, 0) is 4.74 Å². The van der Waals surface area contributed by atoms with Gasteiger partial charge in [0.05, 0.1) is 6.61 Å². The lowest BCUT2D eigenvalue weighted by molar-refractivity contribution is 0.0753. The second kappa shape index (κ2) is 8.31. The lowest BCUT2D eigenvalue weighted by Gasteiger charge is -2.33. The Morgan fingerprint density at radius 3 is 2.53 bits per heavy atom. The van der Waals surface area contributed by atoms with Gasteiger partial charge < -0.3 is 15.4 Å². The highest BCUT2D eigenvalue weighted by atomic mass is 16.6. The van der Waals surface area contributed by atoms with Gasteiger partial charge in [-0.2, -0.15) is 0 Å². The summed E-state index contributed by atoms with van der Waals surface area (Å²) >= 11 is 0. The number of rotatable bonds is 6. The van der Waals surface area contributed by atoms with Gasteiger partial charge in [0.1, 0.15) is 0 Å². The molecule has 0 aromatic rings. The predicted molar refractivity (Wildman–Crippen MR) is 67.9 cm³/mol. The van der Waals surface area contributed by atoms with E-state index in [4.69, 9.17) is 10.5 Å². The van der Waals surface area contributed by atoms with Crippen molar-refractivity contribution in [1.82, 2.24) is 9.80 Å². The second-order valence-electron chi connectivity index (χ2n) is 4.44. The Kier molecular flexibility index (Phi) is 6.96. The van der Waals surface area contributed by atoms with Crippen LogP contribution in [0.2, 0.25) is 0 Å². The first-order chi connectivity index (χ1) is 8.27. The molecular weight excluding hydrogens is 218 g/mol. The normalized spacial score (nSPS) is 17.2. The number of hydrogen-bond donors (Lipinski definition) is 1. The average Bonchev–Trinajstić information content (AvgIpc) is 2.37. The molecule has 1 aliphatic heterocycles. The molecular formula is C12H25N3O2. The molecule has 0 bridgehead atoms. The molecule has 0 atom stereocenters. The molecule has 1 amide bonds. The van der Waals surface area contributed by atoms with Crippen LogP contribution in [0.4, 0.5) is 4.79 Å². The van der Waals surface area contributed by atoms with Crippen LogP contribution < -0.4 is 5.73 Å². The molecule has 1 fully saturated rings. The lowest BCUT2D eigenvalue weighted by atomic mass is 10.3. The SMILES string of the molecule is CCCCOC(=O)N1CCN(CCCN)CC1. The minimum Gasteiger partial charge on any atom is -0.449 e. The number of amides is 1. The van der Waals surface area contributed by atoms with Crippen molar-refractivity contribution in [2.24, 2.45) is 5.73 Å². The molecule has 5 nitrogen and oxygen atoms in total. The number of carbonyl (C=O) groups excluding carboxylic acids is 1. The van der Waals surface area contributed by atoms with E-state index in [1.165, 1.54) is 0 Å². The van der Waals surface area contributed by atoms with Gasteiger partial charge in [-0.15, -0.1) is 0 Å². The molecule has 0 unspecified atom stereocenters. The van der Waals surface area contributed by atoms with Gasteiger partial charge in [-0.05, 0) is 25.9 Å². The summed E-state index contributed by atoms with van der Waals surface area (Å²) in [6, 6.07) is 0. The Balaban J connectivity index is 2.15. The maximum atomic E-state index is 11.7. The van der Waals surface area contributed by atoms with Crippen molar-refractivity contribution in [3.8, 4) is 0 Å². The van der Waals surface area contributed by atoms with Crippen molar-refractivity contribution in [2.75, 3.05) is 45.9 Å². The van der Waals surface area contributed by atoms with E-state index >= 15 is 0 Å². The molecule has 5 heteroatoms. The molecule has 100 valence electrons. The van der Waals surface area contributed by atoms with Crippen molar-refractivity contribution < 1.29 is 9.53 Å². The molecule has 0 aliphatic carbocycles. The van der Waals surface area contributed by atoms with Gasteiger partial charge in [0.15, 0.2) is 0 Å². The van der Waals surface area contributed by atoms with Crippen LogP contribution in [0, 0.1) is 0 Å². The Morgan fingerprint density at radius 2 is 1.94 bits per heavy atom. The maximum absolute atomic E-state index is 11.7. The zero-order valence-corrected chi connectivity index (χ0v) is 10.9. The summed E-state index contributed by atoms with van der Waals surface area (Å²) in [5.41, 5.74) is 5.48. The Bertz CT molecular complexity index is 216. The van der Waals surface area contributed by atoms with Gasteiger partial charge in [-0.3, -0.25) is 4.90 Å². The number of nitrogens with zero attached hydrogens (tertiary/aromatic N) is 2. The smallest absolute Gasteiger partial charge is 0.409 e. The molecule has 0 aromatic heterocycles. The highest BCUT2D eigenvalue weighted by Gasteiger charge is 2.21. The maximum Gasteiger partial charge on any atom is 0.409 e. The molecule has 17 heavy (non-hydrogen) atoms. The van der Waals surface area contributed by atoms with E-state index in [-0.39, 0.29) is 6.09 Å². The Morgan fingerprint density at radius 1 is 1.24 bits per heavy atom. The first-order valence-corrected chi connectivity index (χ1v) is 6.62. The highest BCUT2D eigenvalue weighted by Crippen LogP contribution is 2.04. The largest absolute Gasteiger partial charge is 0.449 e. The van der Waals surface area contributed by atoms with E-state index in [2.05, 4.69) is 11.8 Å². The number of carbonyl (C=O) groups is 1. The van der Waals surface area contributed by atoms with Gasteiger partial charge in [-0.25, -0.2) is 4.79 Å². The minimum absolute atomic E-state index is 0.156. The summed E-state index contributed by atoms with van der Waals surface area (Å²) in [5.74, 6) is 0. The molecule has 1 saturated heterocycles. The van der Waals surface area contributed by atoms with Crippen molar-refractivity contribution >= 4 is 6.09 Å². The third-order valence-electron chi connectivity index (χ3n) is 3.03. The predicted octanol–water partition coefficient (Wildman–Crippen LogP) is 0.890. The fraction of sp³-hybridized carbons (Fsp3) is 0.917. The molecule has 2 N–H and O–H groups in total. The van der Waals surface area contributed by atoms with Crippen LogP contribution in [0.25, 0.3) is 0 Å². The fourth-order valence-corrected chi connectivity index (χ4v) is 1.86. The Labute approximate surface area is 104 Å². The third kappa shape index (κ3) is 5.37. The van der Waals surface area contributed by atoms with Crippen molar-refractivity contribution in [3.05, 3.63) is 0 Å². The Hall–Kier alpha value is -0.810. The second-order valence-corrected chi connectivity index (χ2v) is 4.44. The molecule has 0 saturated carbocycles. The summed E-state index contributed by atoms with van der Waals surface area (Å²) in [5, 5.41) is 0. The van der Waals surface area contributed by atoms with Gasteiger partial charge in [0, 0.05) is 26.2 Å². The lowest BCUT2D eigenvalue weighted by Crippen LogP contribution is -2.49. The topological polar surface area (TPSA) is 58.8 Å². The van der Waals surface area contributed by atoms with Gasteiger partial charge in [-0.1, -0.05) is 13.3 Å². The molecule has 1 heterocycles. The van der Waals surface area contributed by atoms with Crippen molar-refractivity contribution in [2.45, 2.75) is 26.2 Å². The summed E-state index contributed by atoms with van der Waals surface area (Å²) in [6.45, 7) is 7.82. The molecule has 0 aromatic carbocycles. The molecule has 0 spiro atoms. The first-order valence-electron chi connectivity index (χ1n) is 6.62. The minimum atomic E-state index is -0.156. The number of hydrogen-bond acceptors (Lipinski definition) is 4. The quantitative estimate of drug-likeness (QED) is 0.704. The van der Waals surface area contributed by atoms with E-state index in [1.807, 2.05) is 0 Å². The summed E-state index contributed by atoms with van der Waals surface area (Å²) in [4.78, 5) is 15.8. The van der Waals surface area contributed by atoms with Crippen LogP contribution in [0.15, 0.2) is 0 Å². The van der Waals surface area contributed by atoms with E-state index in [0.29, 0.717) is 6.61 Å². The standard InChI is InChI=1S/C12H25N3O2/c1-2-3-11-17-12(16)15-9-7-14(8-10-15)6-4-5-13/h2-11,13H2,1H3. The molecule has 0 radical (unpaired) electrons. The average molecular weight is 243 g/mol. The van der Waals surface area contributed by atoms with Crippen LogP contribution in [0.3, 0.4) is 0 Å². The van der Waals surface area contributed by atoms with Crippen LogP contribution in [0.1, 0.15) is 26.2 Å². The van der Waals surface area contributed by atoms with Crippen molar-refractivity contribution in [3.63, 3.8) is 0 Å². The van der Waals surface area contributed by atoms with Crippen molar-refractivity contribution in [1.29, 1.82) is 0 Å². The van der Waals surface area contributed by atoms with Gasteiger partial charge >= 0.3 is 6.09 Å². The van der Waals surface area contributed by atoms with E-state index < -0.39 is 0 Å². The third-order valence-corrected chi connectivity index (χ3v) is 3.03. The van der Waals surface area contributed by atoms with Gasteiger partial charge in [0.2, 0.25) is 0 Å². The number of ether oxygens (including phenoxy) is 1. The van der Waals surface area contributed by atoms with Crippen LogP contribution >= 0.6 is 0 Å². The highest BCUT2D eigenvalue weighted by molar-refractivity contribution is 5.67. The zero-order valence-electron chi connectivity index (χ0n) is 10.9. The monoisotopic (exact) mass is 243 g/mol. The zero-order chi connectivity index (χ0) is 12.5. The molecule has 1 rings (SSSR count). The van der Waals surface area contributed by atoms with Crippen LogP contribution in [-0.4, -0.2) is 61.8 Å². The van der Waals surface area contributed by atoms with Gasteiger partial charge in [0.25, 0.3) is 0 Å². The number of unbranched alkanes of at least 4 members (excludes halogenated alkanes) is 1. The fourth-order valence-electron chi connectivity index (χ4n) is 1.86. The number of piperazine rings is 1. The van der Waals surface area contributed by atoms with E-state index in [1.54, 1.807) is 4.90 Å². The summed E-state index contributed by atoms with van der Waals surface area (Å²) < 4.78 is 5.19. The van der Waals surface area contributed by atoms with E-state index in [0.717, 1.165) is 58.5 Å². The molecule has 1 aliphatic rings. The summed E-state index contributed by atoms with van der Waals surface area (Å²) in [7, 11) is 0.